The summed E-state index contributed by atoms with van der Waals surface area (Å²) in [5, 5.41) is 2.93. The molecule has 126 valence electrons. The number of nitrogens with zero attached hydrogens (tertiary/aromatic N) is 3. The van der Waals surface area contributed by atoms with E-state index in [0.717, 1.165) is 22.5 Å². The molecule has 3 aromatic rings. The number of hydrogen-bond donors (Lipinski definition) is 1. The smallest absolute Gasteiger partial charge is 0.251 e. The molecule has 1 amide bonds. The maximum Gasteiger partial charge on any atom is 0.251 e. The first-order valence-electron chi connectivity index (χ1n) is 8.04. The van der Waals surface area contributed by atoms with E-state index in [-0.39, 0.29) is 5.91 Å². The highest BCUT2D eigenvalue weighted by atomic mass is 16.1. The van der Waals surface area contributed by atoms with E-state index in [2.05, 4.69) is 15.3 Å². The third-order valence-electron chi connectivity index (χ3n) is 3.86. The highest BCUT2D eigenvalue weighted by Crippen LogP contribution is 2.16. The topological polar surface area (TPSA) is 58.1 Å². The minimum absolute atomic E-state index is 0.0972. The average molecular weight is 332 g/mol. The highest BCUT2D eigenvalue weighted by Gasteiger charge is 2.07. The molecule has 25 heavy (non-hydrogen) atoms. The van der Waals surface area contributed by atoms with Gasteiger partial charge in [0.1, 0.15) is 0 Å². The van der Waals surface area contributed by atoms with Crippen molar-refractivity contribution in [1.29, 1.82) is 0 Å². The second-order valence-corrected chi connectivity index (χ2v) is 5.92. The van der Waals surface area contributed by atoms with Gasteiger partial charge in [-0.2, -0.15) is 0 Å². The normalized spacial score (nSPS) is 10.3. The van der Waals surface area contributed by atoms with Crippen molar-refractivity contribution in [3.05, 3.63) is 78.2 Å². The third-order valence-corrected chi connectivity index (χ3v) is 3.86. The SMILES string of the molecule is CN(C)c1cccc(C(=O)NCc2ccc(-c3cccnc3)nc2)c1. The van der Waals surface area contributed by atoms with Crippen LogP contribution < -0.4 is 10.2 Å². The predicted octanol–water partition coefficient (Wildman–Crippen LogP) is 3.14. The predicted molar refractivity (Wildman–Crippen MR) is 99.4 cm³/mol. The van der Waals surface area contributed by atoms with Crippen molar-refractivity contribution in [2.24, 2.45) is 0 Å². The molecule has 0 saturated heterocycles. The fourth-order valence-electron chi connectivity index (χ4n) is 2.42. The number of pyridine rings is 2. The lowest BCUT2D eigenvalue weighted by molar-refractivity contribution is 0.0951. The molecule has 0 aliphatic rings. The van der Waals surface area contributed by atoms with Crippen LogP contribution in [-0.4, -0.2) is 30.0 Å². The van der Waals surface area contributed by atoms with Crippen LogP contribution in [0.3, 0.4) is 0 Å². The van der Waals surface area contributed by atoms with E-state index in [4.69, 9.17) is 0 Å². The number of anilines is 1. The monoisotopic (exact) mass is 332 g/mol. The molecule has 0 fully saturated rings. The van der Waals surface area contributed by atoms with Crippen LogP contribution in [0, 0.1) is 0 Å². The molecule has 2 aromatic heterocycles. The standard InChI is InChI=1S/C20H20N4O/c1-24(2)18-7-3-5-16(11-18)20(25)23-13-15-8-9-19(22-12-15)17-6-4-10-21-14-17/h3-12,14H,13H2,1-2H3,(H,23,25). The van der Waals surface area contributed by atoms with E-state index in [0.29, 0.717) is 12.1 Å². The van der Waals surface area contributed by atoms with Crippen molar-refractivity contribution in [2.45, 2.75) is 6.54 Å². The molecule has 0 saturated carbocycles. The van der Waals surface area contributed by atoms with Crippen LogP contribution in [0.1, 0.15) is 15.9 Å². The Balaban J connectivity index is 1.63. The van der Waals surface area contributed by atoms with Gasteiger partial charge in [-0.25, -0.2) is 0 Å². The van der Waals surface area contributed by atoms with Crippen molar-refractivity contribution in [3.63, 3.8) is 0 Å². The van der Waals surface area contributed by atoms with Crippen LogP contribution in [-0.2, 0) is 6.54 Å². The molecule has 2 heterocycles. The Kier molecular flexibility index (Phi) is 5.04. The molecule has 3 rings (SSSR count). The van der Waals surface area contributed by atoms with Gasteiger partial charge in [0.05, 0.1) is 5.69 Å². The van der Waals surface area contributed by atoms with Crippen molar-refractivity contribution in [1.82, 2.24) is 15.3 Å². The number of carbonyl (C=O) groups excluding carboxylic acids is 1. The van der Waals surface area contributed by atoms with Gasteiger partial charge in [0.15, 0.2) is 0 Å². The molecule has 0 bridgehead atoms. The summed E-state index contributed by atoms with van der Waals surface area (Å²) in [6.07, 6.45) is 5.29. The molecule has 5 heteroatoms. The van der Waals surface area contributed by atoms with Crippen LogP contribution in [0.5, 0.6) is 0 Å². The van der Waals surface area contributed by atoms with Gasteiger partial charge in [0.25, 0.3) is 5.91 Å². The fraction of sp³-hybridized carbons (Fsp3) is 0.150. The first-order valence-corrected chi connectivity index (χ1v) is 8.04. The minimum atomic E-state index is -0.0972. The van der Waals surface area contributed by atoms with E-state index < -0.39 is 0 Å². The zero-order valence-corrected chi connectivity index (χ0v) is 14.3. The lowest BCUT2D eigenvalue weighted by Crippen LogP contribution is -2.23. The first-order chi connectivity index (χ1) is 12.1. The van der Waals surface area contributed by atoms with Crippen molar-refractivity contribution in [3.8, 4) is 11.3 Å². The fourth-order valence-corrected chi connectivity index (χ4v) is 2.42. The number of benzene rings is 1. The largest absolute Gasteiger partial charge is 0.378 e. The molecule has 1 aromatic carbocycles. The van der Waals surface area contributed by atoms with E-state index in [9.17, 15) is 4.79 Å². The minimum Gasteiger partial charge on any atom is -0.378 e. The molecule has 0 spiro atoms. The van der Waals surface area contributed by atoms with Gasteiger partial charge in [0, 0.05) is 56.0 Å². The first kappa shape index (κ1) is 16.6. The van der Waals surface area contributed by atoms with Gasteiger partial charge < -0.3 is 10.2 Å². The van der Waals surface area contributed by atoms with Gasteiger partial charge in [-0.05, 0) is 42.0 Å². The lowest BCUT2D eigenvalue weighted by atomic mass is 10.1. The zero-order chi connectivity index (χ0) is 17.6. The highest BCUT2D eigenvalue weighted by molar-refractivity contribution is 5.95. The Labute approximate surface area is 147 Å². The zero-order valence-electron chi connectivity index (χ0n) is 14.3. The molecule has 0 radical (unpaired) electrons. The quantitative estimate of drug-likeness (QED) is 0.780. The van der Waals surface area contributed by atoms with Crippen LogP contribution in [0.2, 0.25) is 0 Å². The lowest BCUT2D eigenvalue weighted by Gasteiger charge is -2.13. The van der Waals surface area contributed by atoms with Crippen molar-refractivity contribution >= 4 is 11.6 Å². The number of aromatic nitrogens is 2. The van der Waals surface area contributed by atoms with E-state index >= 15 is 0 Å². The number of hydrogen-bond acceptors (Lipinski definition) is 4. The second kappa shape index (κ2) is 7.57. The molecule has 0 aliphatic heterocycles. The van der Waals surface area contributed by atoms with E-state index in [1.807, 2.05) is 67.5 Å². The summed E-state index contributed by atoms with van der Waals surface area (Å²) in [6.45, 7) is 0.436. The second-order valence-electron chi connectivity index (χ2n) is 5.92. The van der Waals surface area contributed by atoms with Crippen LogP contribution >= 0.6 is 0 Å². The van der Waals surface area contributed by atoms with Gasteiger partial charge in [-0.1, -0.05) is 12.1 Å². The van der Waals surface area contributed by atoms with Crippen LogP contribution in [0.15, 0.2) is 67.1 Å². The average Bonchev–Trinajstić information content (AvgIpc) is 2.67. The molecule has 5 nitrogen and oxygen atoms in total. The summed E-state index contributed by atoms with van der Waals surface area (Å²) in [6, 6.07) is 15.3. The number of amides is 1. The van der Waals surface area contributed by atoms with E-state index in [1.165, 1.54) is 0 Å². The van der Waals surface area contributed by atoms with Crippen molar-refractivity contribution in [2.75, 3.05) is 19.0 Å². The van der Waals surface area contributed by atoms with Gasteiger partial charge >= 0.3 is 0 Å². The third kappa shape index (κ3) is 4.20. The number of rotatable bonds is 5. The summed E-state index contributed by atoms with van der Waals surface area (Å²) < 4.78 is 0. The maximum atomic E-state index is 12.3. The molecule has 0 aliphatic carbocycles. The molecule has 0 atom stereocenters. The van der Waals surface area contributed by atoms with Crippen LogP contribution in [0.4, 0.5) is 5.69 Å². The summed E-state index contributed by atoms with van der Waals surface area (Å²) >= 11 is 0. The summed E-state index contributed by atoms with van der Waals surface area (Å²) in [5.41, 5.74) is 4.42. The number of carbonyl (C=O) groups is 1. The summed E-state index contributed by atoms with van der Waals surface area (Å²) in [5.74, 6) is -0.0972. The van der Waals surface area contributed by atoms with Gasteiger partial charge in [-0.15, -0.1) is 0 Å². The van der Waals surface area contributed by atoms with Crippen LogP contribution in [0.25, 0.3) is 11.3 Å². The molecular formula is C20H20N4O. The Bertz CT molecular complexity index is 845. The van der Waals surface area contributed by atoms with Gasteiger partial charge in [-0.3, -0.25) is 14.8 Å². The molecule has 1 N–H and O–H groups in total. The maximum absolute atomic E-state index is 12.3. The number of nitrogens with one attached hydrogen (secondary N) is 1. The summed E-state index contributed by atoms with van der Waals surface area (Å²) in [7, 11) is 3.90. The Morgan fingerprint density at radius 1 is 1.08 bits per heavy atom. The Hall–Kier alpha value is -3.21. The van der Waals surface area contributed by atoms with E-state index in [1.54, 1.807) is 18.6 Å². The Morgan fingerprint density at radius 3 is 2.64 bits per heavy atom. The molecular weight excluding hydrogens is 312 g/mol. The molecule has 0 unspecified atom stereocenters. The van der Waals surface area contributed by atoms with Crippen molar-refractivity contribution < 1.29 is 4.79 Å². The van der Waals surface area contributed by atoms with Gasteiger partial charge in [0.2, 0.25) is 0 Å². The summed E-state index contributed by atoms with van der Waals surface area (Å²) in [4.78, 5) is 22.8. The Morgan fingerprint density at radius 2 is 1.96 bits per heavy atom.